The van der Waals surface area contributed by atoms with E-state index in [0.29, 0.717) is 9.86 Å². The van der Waals surface area contributed by atoms with E-state index in [2.05, 4.69) is 15.9 Å². The number of aromatic nitrogens is 1. The predicted octanol–water partition coefficient (Wildman–Crippen LogP) is 2.44. The highest BCUT2D eigenvalue weighted by Gasteiger charge is 2.05. The summed E-state index contributed by atoms with van der Waals surface area (Å²) in [5.41, 5.74) is -0.186. The first kappa shape index (κ1) is 9.40. The van der Waals surface area contributed by atoms with Crippen molar-refractivity contribution in [3.63, 3.8) is 0 Å². The average molecular weight is 256 g/mol. The van der Waals surface area contributed by atoms with Crippen LogP contribution in [0.15, 0.2) is 33.7 Å². The molecule has 0 N–H and O–H groups in total. The summed E-state index contributed by atoms with van der Waals surface area (Å²) in [5, 5.41) is 1.14. The molecule has 4 heteroatoms. The van der Waals surface area contributed by atoms with Gasteiger partial charge in [-0.25, -0.2) is 4.39 Å². The van der Waals surface area contributed by atoms with Gasteiger partial charge in [0.05, 0.1) is 9.86 Å². The van der Waals surface area contributed by atoms with E-state index in [1.54, 1.807) is 25.4 Å². The zero-order valence-electron chi connectivity index (χ0n) is 7.42. The lowest BCUT2D eigenvalue weighted by Crippen LogP contribution is -2.15. The molecule has 0 spiro atoms. The number of nitrogens with zero attached hydrogens (tertiary/aromatic N) is 1. The Hall–Kier alpha value is -1.16. The molecule has 1 aromatic heterocycles. The summed E-state index contributed by atoms with van der Waals surface area (Å²) in [6.45, 7) is 0. The van der Waals surface area contributed by atoms with Crippen LogP contribution in [0.2, 0.25) is 0 Å². The van der Waals surface area contributed by atoms with Crippen molar-refractivity contribution in [1.82, 2.24) is 4.57 Å². The minimum atomic E-state index is -0.416. The van der Waals surface area contributed by atoms with Gasteiger partial charge in [-0.3, -0.25) is 4.79 Å². The van der Waals surface area contributed by atoms with Gasteiger partial charge in [0.2, 0.25) is 0 Å². The van der Waals surface area contributed by atoms with Gasteiger partial charge in [-0.1, -0.05) is 0 Å². The Labute approximate surface area is 88.1 Å². The molecule has 0 bridgehead atoms. The molecule has 0 aliphatic carbocycles. The molecule has 72 valence electrons. The summed E-state index contributed by atoms with van der Waals surface area (Å²) in [4.78, 5) is 11.6. The number of halogens is 2. The Morgan fingerprint density at radius 2 is 2.14 bits per heavy atom. The summed E-state index contributed by atoms with van der Waals surface area (Å²) in [6.07, 6.45) is 1.66. The van der Waals surface area contributed by atoms with Gasteiger partial charge in [0, 0.05) is 13.2 Å². The fourth-order valence-corrected chi connectivity index (χ4v) is 1.70. The second-order valence-electron chi connectivity index (χ2n) is 3.09. The maximum absolute atomic E-state index is 13.2. The molecule has 2 aromatic rings. The van der Waals surface area contributed by atoms with Crippen molar-refractivity contribution in [2.45, 2.75) is 0 Å². The molecule has 2 rings (SSSR count). The summed E-state index contributed by atoms with van der Waals surface area (Å²) in [7, 11) is 1.64. The summed E-state index contributed by atoms with van der Waals surface area (Å²) in [6, 6.07) is 4.63. The Morgan fingerprint density at radius 3 is 2.86 bits per heavy atom. The van der Waals surface area contributed by atoms with E-state index in [1.165, 1.54) is 10.6 Å². The second-order valence-corrected chi connectivity index (χ2v) is 3.94. The second kappa shape index (κ2) is 3.20. The van der Waals surface area contributed by atoms with Crippen molar-refractivity contribution in [1.29, 1.82) is 0 Å². The van der Waals surface area contributed by atoms with Gasteiger partial charge in [-0.05, 0) is 39.5 Å². The van der Waals surface area contributed by atoms with Crippen LogP contribution in [0.3, 0.4) is 0 Å². The van der Waals surface area contributed by atoms with Crippen molar-refractivity contribution in [2.24, 2.45) is 7.05 Å². The minimum Gasteiger partial charge on any atom is -0.318 e. The highest BCUT2D eigenvalue weighted by molar-refractivity contribution is 9.10. The Bertz CT molecular complexity index is 562. The first-order valence-electron chi connectivity index (χ1n) is 4.04. The van der Waals surface area contributed by atoms with Gasteiger partial charge in [-0.15, -0.1) is 0 Å². The monoisotopic (exact) mass is 255 g/mol. The summed E-state index contributed by atoms with van der Waals surface area (Å²) < 4.78 is 15.0. The van der Waals surface area contributed by atoms with Crippen LogP contribution in [0.1, 0.15) is 0 Å². The third kappa shape index (κ3) is 1.35. The molecule has 0 unspecified atom stereocenters. The van der Waals surface area contributed by atoms with Crippen LogP contribution in [0.25, 0.3) is 10.8 Å². The van der Waals surface area contributed by atoms with Crippen LogP contribution in [-0.4, -0.2) is 4.57 Å². The van der Waals surface area contributed by atoms with E-state index in [-0.39, 0.29) is 5.56 Å². The highest BCUT2D eigenvalue weighted by Crippen LogP contribution is 2.20. The average Bonchev–Trinajstić information content (AvgIpc) is 2.15. The number of hydrogen-bond acceptors (Lipinski definition) is 1. The van der Waals surface area contributed by atoms with E-state index in [0.717, 1.165) is 5.39 Å². The largest absolute Gasteiger partial charge is 0.318 e. The van der Waals surface area contributed by atoms with Gasteiger partial charge >= 0.3 is 0 Å². The minimum absolute atomic E-state index is 0.186. The van der Waals surface area contributed by atoms with E-state index in [9.17, 15) is 9.18 Å². The molecule has 0 aliphatic rings. The lowest BCUT2D eigenvalue weighted by atomic mass is 10.2. The van der Waals surface area contributed by atoms with Crippen LogP contribution in [0, 0.1) is 5.82 Å². The molecular formula is C10H7BrFNO. The third-order valence-corrected chi connectivity index (χ3v) is 2.73. The molecule has 0 saturated carbocycles. The van der Waals surface area contributed by atoms with Crippen molar-refractivity contribution in [3.8, 4) is 0 Å². The van der Waals surface area contributed by atoms with Crippen molar-refractivity contribution in [2.75, 3.05) is 0 Å². The number of aryl methyl sites for hydroxylation is 1. The zero-order valence-corrected chi connectivity index (χ0v) is 9.01. The Morgan fingerprint density at radius 1 is 1.43 bits per heavy atom. The molecule has 0 aliphatic heterocycles. The van der Waals surface area contributed by atoms with Crippen LogP contribution in [-0.2, 0) is 7.05 Å². The maximum Gasteiger partial charge on any atom is 0.258 e. The standard InChI is InChI=1S/C10H7BrFNO/c1-13-3-2-6-4-8(11)9(12)5-7(6)10(13)14/h2-5H,1H3. The van der Waals surface area contributed by atoms with Crippen molar-refractivity contribution < 1.29 is 4.39 Å². The van der Waals surface area contributed by atoms with Crippen LogP contribution in [0.5, 0.6) is 0 Å². The molecule has 0 saturated heterocycles. The molecule has 1 aromatic carbocycles. The number of fused-ring (bicyclic) bond motifs is 1. The topological polar surface area (TPSA) is 22.0 Å². The van der Waals surface area contributed by atoms with E-state index >= 15 is 0 Å². The lowest BCUT2D eigenvalue weighted by molar-refractivity contribution is 0.623. The Balaban J connectivity index is 2.97. The molecule has 14 heavy (non-hydrogen) atoms. The first-order chi connectivity index (χ1) is 6.59. The lowest BCUT2D eigenvalue weighted by Gasteiger charge is -2.02. The Kier molecular flexibility index (Phi) is 2.15. The van der Waals surface area contributed by atoms with Crippen LogP contribution in [0.4, 0.5) is 4.39 Å². The molecule has 2 nitrogen and oxygen atoms in total. The molecular weight excluding hydrogens is 249 g/mol. The fourth-order valence-electron chi connectivity index (χ4n) is 1.34. The fraction of sp³-hybridized carbons (Fsp3) is 0.100. The van der Waals surface area contributed by atoms with E-state index < -0.39 is 5.82 Å². The van der Waals surface area contributed by atoms with Gasteiger partial charge in [0.25, 0.3) is 5.56 Å². The SMILES string of the molecule is Cn1ccc2cc(Br)c(F)cc2c1=O. The number of pyridine rings is 1. The molecule has 0 amide bonds. The van der Waals surface area contributed by atoms with Gasteiger partial charge in [0.15, 0.2) is 0 Å². The molecule has 1 heterocycles. The quantitative estimate of drug-likeness (QED) is 0.709. The summed E-state index contributed by atoms with van der Waals surface area (Å²) in [5.74, 6) is -0.416. The van der Waals surface area contributed by atoms with Crippen molar-refractivity contribution >= 4 is 26.7 Å². The van der Waals surface area contributed by atoms with Crippen LogP contribution < -0.4 is 5.56 Å². The number of hydrogen-bond donors (Lipinski definition) is 0. The summed E-state index contributed by atoms with van der Waals surface area (Å²) >= 11 is 3.08. The van der Waals surface area contributed by atoms with E-state index in [4.69, 9.17) is 0 Å². The molecule has 0 radical (unpaired) electrons. The van der Waals surface area contributed by atoms with Crippen LogP contribution >= 0.6 is 15.9 Å². The third-order valence-electron chi connectivity index (χ3n) is 2.12. The van der Waals surface area contributed by atoms with E-state index in [1.807, 2.05) is 0 Å². The smallest absolute Gasteiger partial charge is 0.258 e. The zero-order chi connectivity index (χ0) is 10.3. The maximum atomic E-state index is 13.2. The van der Waals surface area contributed by atoms with Gasteiger partial charge < -0.3 is 4.57 Å². The van der Waals surface area contributed by atoms with Crippen molar-refractivity contribution in [3.05, 3.63) is 45.0 Å². The number of benzene rings is 1. The predicted molar refractivity (Wildman–Crippen MR) is 56.8 cm³/mol. The molecule has 0 atom stereocenters. The van der Waals surface area contributed by atoms with Gasteiger partial charge in [0.1, 0.15) is 5.82 Å². The number of rotatable bonds is 0. The normalized spacial score (nSPS) is 10.8. The highest BCUT2D eigenvalue weighted by atomic mass is 79.9. The molecule has 0 fully saturated rings. The van der Waals surface area contributed by atoms with Gasteiger partial charge in [-0.2, -0.15) is 0 Å². The first-order valence-corrected chi connectivity index (χ1v) is 4.83.